The number of nitrogens with two attached hydrogens (primary N) is 1. The maximum absolute atomic E-state index is 5.81. The number of pyridine rings is 1. The van der Waals surface area contributed by atoms with Gasteiger partial charge < -0.3 is 10.5 Å². The van der Waals surface area contributed by atoms with Crippen LogP contribution in [-0.4, -0.2) is 4.98 Å². The van der Waals surface area contributed by atoms with Gasteiger partial charge in [-0.25, -0.2) is 4.98 Å². The van der Waals surface area contributed by atoms with Gasteiger partial charge in [-0.2, -0.15) is 0 Å². The van der Waals surface area contributed by atoms with Crippen LogP contribution < -0.4 is 10.5 Å². The highest BCUT2D eigenvalue weighted by Gasteiger charge is 2.03. The third-order valence-corrected chi connectivity index (χ3v) is 3.46. The molecule has 3 nitrogen and oxygen atoms in total. The molecule has 0 aliphatic rings. The largest absolute Gasteiger partial charge is 0.439 e. The summed E-state index contributed by atoms with van der Waals surface area (Å²) < 4.78 is 5.81. The molecular formula is C18H18N2O. The Kier molecular flexibility index (Phi) is 3.48. The van der Waals surface area contributed by atoms with Gasteiger partial charge in [-0.3, -0.25) is 0 Å². The molecule has 1 heterocycles. The normalized spacial score (nSPS) is 11.0. The van der Waals surface area contributed by atoms with Crippen LogP contribution in [0.25, 0.3) is 10.9 Å². The molecule has 1 aromatic heterocycles. The summed E-state index contributed by atoms with van der Waals surface area (Å²) in [5, 5.41) is 1.01. The van der Waals surface area contributed by atoms with Crippen molar-refractivity contribution >= 4 is 16.6 Å². The number of anilines is 1. The Morgan fingerprint density at radius 2 is 1.71 bits per heavy atom. The first-order valence-corrected chi connectivity index (χ1v) is 7.06. The highest BCUT2D eigenvalue weighted by molar-refractivity contribution is 5.82. The lowest BCUT2D eigenvalue weighted by Crippen LogP contribution is -1.91. The highest BCUT2D eigenvalue weighted by atomic mass is 16.5. The summed E-state index contributed by atoms with van der Waals surface area (Å²) in [7, 11) is 0. The van der Waals surface area contributed by atoms with E-state index in [1.54, 1.807) is 0 Å². The lowest BCUT2D eigenvalue weighted by molar-refractivity contribution is 0.465. The fourth-order valence-corrected chi connectivity index (χ4v) is 2.22. The molecule has 0 aliphatic heterocycles. The summed E-state index contributed by atoms with van der Waals surface area (Å²) in [5.74, 6) is 1.90. The zero-order valence-electron chi connectivity index (χ0n) is 12.2. The van der Waals surface area contributed by atoms with E-state index in [2.05, 4.69) is 31.0 Å². The minimum Gasteiger partial charge on any atom is -0.439 e. The first-order valence-electron chi connectivity index (χ1n) is 7.06. The van der Waals surface area contributed by atoms with E-state index in [0.29, 0.717) is 11.8 Å². The molecule has 3 rings (SSSR count). The minimum absolute atomic E-state index is 0.517. The van der Waals surface area contributed by atoms with Crippen LogP contribution in [0.4, 0.5) is 5.69 Å². The summed E-state index contributed by atoms with van der Waals surface area (Å²) in [6.45, 7) is 4.35. The lowest BCUT2D eigenvalue weighted by Gasteiger charge is -2.08. The second-order valence-corrected chi connectivity index (χ2v) is 5.43. The van der Waals surface area contributed by atoms with Crippen molar-refractivity contribution in [3.05, 3.63) is 60.2 Å². The van der Waals surface area contributed by atoms with Gasteiger partial charge in [0.05, 0.1) is 5.52 Å². The fraction of sp³-hybridized carbons (Fsp3) is 0.167. The smallest absolute Gasteiger partial charge is 0.219 e. The fourth-order valence-electron chi connectivity index (χ4n) is 2.22. The summed E-state index contributed by atoms with van der Waals surface area (Å²) in [6, 6.07) is 17.6. The molecule has 0 amide bonds. The van der Waals surface area contributed by atoms with Crippen LogP contribution in [0.2, 0.25) is 0 Å². The van der Waals surface area contributed by atoms with Crippen molar-refractivity contribution in [2.75, 3.05) is 5.73 Å². The molecule has 21 heavy (non-hydrogen) atoms. The van der Waals surface area contributed by atoms with Crippen molar-refractivity contribution < 1.29 is 4.74 Å². The summed E-state index contributed by atoms with van der Waals surface area (Å²) in [5.41, 5.74) is 8.67. The lowest BCUT2D eigenvalue weighted by atomic mass is 10.0. The molecule has 0 aliphatic carbocycles. The summed E-state index contributed by atoms with van der Waals surface area (Å²) in [6.07, 6.45) is 0. The standard InChI is InChI=1S/C18H18N2O/c1-12(2)13-3-7-16(8-4-13)21-18-10-5-14-11-15(19)6-9-17(14)20-18/h3-12H,19H2,1-2H3. The molecule has 0 bridgehead atoms. The number of fused-ring (bicyclic) bond motifs is 1. The zero-order valence-corrected chi connectivity index (χ0v) is 12.2. The summed E-state index contributed by atoms with van der Waals surface area (Å²) >= 11 is 0. The zero-order chi connectivity index (χ0) is 14.8. The molecule has 3 heteroatoms. The van der Waals surface area contributed by atoms with Crippen molar-refractivity contribution in [1.29, 1.82) is 0 Å². The predicted molar refractivity (Wildman–Crippen MR) is 86.8 cm³/mol. The van der Waals surface area contributed by atoms with Crippen LogP contribution in [0.15, 0.2) is 54.6 Å². The van der Waals surface area contributed by atoms with Crippen LogP contribution in [0.3, 0.4) is 0 Å². The molecule has 3 aromatic rings. The average molecular weight is 278 g/mol. The molecule has 0 saturated heterocycles. The maximum Gasteiger partial charge on any atom is 0.219 e. The number of nitrogen functional groups attached to an aromatic ring is 1. The highest BCUT2D eigenvalue weighted by Crippen LogP contribution is 2.25. The predicted octanol–water partition coefficient (Wildman–Crippen LogP) is 4.73. The Morgan fingerprint density at radius 1 is 0.952 bits per heavy atom. The Hall–Kier alpha value is -2.55. The van der Waals surface area contributed by atoms with Crippen molar-refractivity contribution in [1.82, 2.24) is 4.98 Å². The molecule has 0 saturated carbocycles. The molecule has 0 atom stereocenters. The molecule has 0 unspecified atom stereocenters. The topological polar surface area (TPSA) is 48.1 Å². The third-order valence-electron chi connectivity index (χ3n) is 3.46. The van der Waals surface area contributed by atoms with E-state index in [-0.39, 0.29) is 0 Å². The van der Waals surface area contributed by atoms with Crippen LogP contribution >= 0.6 is 0 Å². The number of benzene rings is 2. The van der Waals surface area contributed by atoms with Crippen LogP contribution in [0.1, 0.15) is 25.3 Å². The summed E-state index contributed by atoms with van der Waals surface area (Å²) in [4.78, 5) is 4.49. The third kappa shape index (κ3) is 2.97. The van der Waals surface area contributed by atoms with E-state index < -0.39 is 0 Å². The molecule has 0 fully saturated rings. The number of rotatable bonds is 3. The van der Waals surface area contributed by atoms with Crippen LogP contribution in [0, 0.1) is 0 Å². The van der Waals surface area contributed by atoms with Gasteiger partial charge in [0.25, 0.3) is 0 Å². The Labute approximate surface area is 124 Å². The van der Waals surface area contributed by atoms with E-state index >= 15 is 0 Å². The number of hydrogen-bond donors (Lipinski definition) is 1. The van der Waals surface area contributed by atoms with Gasteiger partial charge in [0.1, 0.15) is 5.75 Å². The van der Waals surface area contributed by atoms with Gasteiger partial charge in [-0.1, -0.05) is 26.0 Å². The van der Waals surface area contributed by atoms with Gasteiger partial charge >= 0.3 is 0 Å². The minimum atomic E-state index is 0.517. The number of nitrogens with zero attached hydrogens (tertiary/aromatic N) is 1. The van der Waals surface area contributed by atoms with E-state index in [0.717, 1.165) is 22.3 Å². The van der Waals surface area contributed by atoms with Crippen LogP contribution in [0.5, 0.6) is 11.6 Å². The number of ether oxygens (including phenoxy) is 1. The van der Waals surface area contributed by atoms with E-state index in [9.17, 15) is 0 Å². The monoisotopic (exact) mass is 278 g/mol. The Bertz CT molecular complexity index is 764. The number of hydrogen-bond acceptors (Lipinski definition) is 3. The van der Waals surface area contributed by atoms with Gasteiger partial charge in [0.2, 0.25) is 5.88 Å². The number of aromatic nitrogens is 1. The molecule has 106 valence electrons. The van der Waals surface area contributed by atoms with E-state index in [4.69, 9.17) is 10.5 Å². The SMILES string of the molecule is CC(C)c1ccc(Oc2ccc3cc(N)ccc3n2)cc1. The Balaban J connectivity index is 1.85. The average Bonchev–Trinajstić information content (AvgIpc) is 2.48. The van der Waals surface area contributed by atoms with Crippen LogP contribution in [-0.2, 0) is 0 Å². The van der Waals surface area contributed by atoms with Gasteiger partial charge in [-0.05, 0) is 47.9 Å². The van der Waals surface area contributed by atoms with Crippen molar-refractivity contribution in [2.24, 2.45) is 0 Å². The van der Waals surface area contributed by atoms with Gasteiger partial charge in [0, 0.05) is 17.1 Å². The first-order chi connectivity index (χ1) is 10.1. The Morgan fingerprint density at radius 3 is 2.43 bits per heavy atom. The second kappa shape index (κ2) is 5.44. The molecule has 0 radical (unpaired) electrons. The first kappa shape index (κ1) is 13.4. The molecule has 2 aromatic carbocycles. The maximum atomic E-state index is 5.81. The molecule has 0 spiro atoms. The van der Waals surface area contributed by atoms with Gasteiger partial charge in [0.15, 0.2) is 0 Å². The molecule has 2 N–H and O–H groups in total. The quantitative estimate of drug-likeness (QED) is 0.704. The molecular weight excluding hydrogens is 260 g/mol. The van der Waals surface area contributed by atoms with Crippen molar-refractivity contribution in [2.45, 2.75) is 19.8 Å². The van der Waals surface area contributed by atoms with Crippen molar-refractivity contribution in [3.63, 3.8) is 0 Å². The second-order valence-electron chi connectivity index (χ2n) is 5.43. The van der Waals surface area contributed by atoms with Crippen molar-refractivity contribution in [3.8, 4) is 11.6 Å². The van der Waals surface area contributed by atoms with E-state index in [1.807, 2.05) is 42.5 Å². The van der Waals surface area contributed by atoms with E-state index in [1.165, 1.54) is 5.56 Å². The van der Waals surface area contributed by atoms with Gasteiger partial charge in [-0.15, -0.1) is 0 Å².